The third kappa shape index (κ3) is 4.44. The maximum absolute atomic E-state index is 4.26. The van der Waals surface area contributed by atoms with E-state index < -0.39 is 0 Å². The minimum Gasteiger partial charge on any atom is -0.313 e. The molecule has 1 aromatic heterocycles. The van der Waals surface area contributed by atoms with E-state index in [0.29, 0.717) is 6.04 Å². The molecular weight excluding hydrogens is 212 g/mol. The molecule has 1 atom stereocenters. The molecule has 0 aliphatic rings. The van der Waals surface area contributed by atoms with Crippen molar-refractivity contribution in [2.75, 3.05) is 12.3 Å². The van der Waals surface area contributed by atoms with Crippen molar-refractivity contribution in [3.05, 3.63) is 11.6 Å². The Morgan fingerprint density at radius 1 is 1.57 bits per heavy atom. The van der Waals surface area contributed by atoms with Crippen LogP contribution in [0.25, 0.3) is 0 Å². The summed E-state index contributed by atoms with van der Waals surface area (Å²) >= 11 is 3.58. The number of nitrogens with zero attached hydrogens (tertiary/aromatic N) is 1. The van der Waals surface area contributed by atoms with Gasteiger partial charge in [-0.15, -0.1) is 11.3 Å². The van der Waals surface area contributed by atoms with E-state index in [1.54, 1.807) is 11.3 Å². The van der Waals surface area contributed by atoms with Crippen molar-refractivity contribution in [2.24, 2.45) is 0 Å². The first-order chi connectivity index (χ1) is 6.86. The van der Waals surface area contributed by atoms with Crippen LogP contribution in [0, 0.1) is 0 Å². The van der Waals surface area contributed by atoms with E-state index in [4.69, 9.17) is 0 Å². The van der Waals surface area contributed by atoms with Crippen molar-refractivity contribution in [1.82, 2.24) is 10.3 Å². The fourth-order valence-electron chi connectivity index (χ4n) is 1.12. The zero-order valence-corrected chi connectivity index (χ0v) is 10.5. The van der Waals surface area contributed by atoms with Gasteiger partial charge in [-0.2, -0.15) is 0 Å². The average Bonchev–Trinajstić information content (AvgIpc) is 2.71. The molecule has 1 heterocycles. The number of hydrogen-bond acceptors (Lipinski definition) is 4. The summed E-state index contributed by atoms with van der Waals surface area (Å²) < 4.78 is 1.18. The normalized spacial score (nSPS) is 13.0. The molecule has 4 heteroatoms. The van der Waals surface area contributed by atoms with Gasteiger partial charge in [0.1, 0.15) is 4.34 Å². The molecule has 0 aliphatic heterocycles. The van der Waals surface area contributed by atoms with Gasteiger partial charge in [-0.25, -0.2) is 4.98 Å². The minimum atomic E-state index is 0.629. The van der Waals surface area contributed by atoms with Gasteiger partial charge in [-0.1, -0.05) is 25.6 Å². The Labute approximate surface area is 94.5 Å². The average molecular weight is 230 g/mol. The minimum absolute atomic E-state index is 0.629. The number of aromatic nitrogens is 1. The van der Waals surface area contributed by atoms with E-state index in [9.17, 15) is 0 Å². The predicted molar refractivity (Wildman–Crippen MR) is 65.2 cm³/mol. The first-order valence-electron chi connectivity index (χ1n) is 5.12. The number of hydrogen-bond donors (Lipinski definition) is 1. The Morgan fingerprint density at radius 3 is 3.00 bits per heavy atom. The van der Waals surface area contributed by atoms with E-state index in [1.165, 1.54) is 17.2 Å². The van der Waals surface area contributed by atoms with Crippen LogP contribution in [0.3, 0.4) is 0 Å². The highest BCUT2D eigenvalue weighted by Gasteiger charge is 2.06. The SMILES string of the molecule is CCCNC(CC)CSc1nccs1. The Bertz CT molecular complexity index is 224. The summed E-state index contributed by atoms with van der Waals surface area (Å²) in [6.07, 6.45) is 4.27. The van der Waals surface area contributed by atoms with Crippen LogP contribution in [-0.2, 0) is 0 Å². The molecule has 80 valence electrons. The summed E-state index contributed by atoms with van der Waals surface area (Å²) in [6.45, 7) is 5.56. The largest absolute Gasteiger partial charge is 0.313 e. The molecule has 1 N–H and O–H groups in total. The molecule has 0 fully saturated rings. The maximum atomic E-state index is 4.26. The van der Waals surface area contributed by atoms with Crippen molar-refractivity contribution >= 4 is 23.1 Å². The van der Waals surface area contributed by atoms with Gasteiger partial charge in [0.15, 0.2) is 0 Å². The second-order valence-corrected chi connectivity index (χ2v) is 5.33. The van der Waals surface area contributed by atoms with Crippen molar-refractivity contribution in [1.29, 1.82) is 0 Å². The van der Waals surface area contributed by atoms with Crippen LogP contribution in [-0.4, -0.2) is 23.3 Å². The van der Waals surface area contributed by atoms with Crippen LogP contribution >= 0.6 is 23.1 Å². The van der Waals surface area contributed by atoms with Gasteiger partial charge < -0.3 is 5.32 Å². The molecule has 0 amide bonds. The molecule has 0 aliphatic carbocycles. The Hall–Kier alpha value is -0.0600. The third-order valence-electron chi connectivity index (χ3n) is 1.99. The van der Waals surface area contributed by atoms with Crippen molar-refractivity contribution < 1.29 is 0 Å². The summed E-state index contributed by atoms with van der Waals surface area (Å²) in [4.78, 5) is 4.26. The van der Waals surface area contributed by atoms with Crippen molar-refractivity contribution in [2.45, 2.75) is 37.1 Å². The molecule has 0 bridgehead atoms. The monoisotopic (exact) mass is 230 g/mol. The number of thioether (sulfide) groups is 1. The predicted octanol–water partition coefficient (Wildman–Crippen LogP) is 3.01. The summed E-state index contributed by atoms with van der Waals surface area (Å²) in [6, 6.07) is 0.629. The molecule has 1 unspecified atom stereocenters. The van der Waals surface area contributed by atoms with E-state index >= 15 is 0 Å². The first-order valence-corrected chi connectivity index (χ1v) is 6.99. The lowest BCUT2D eigenvalue weighted by molar-refractivity contribution is 0.539. The second kappa shape index (κ2) is 7.26. The van der Waals surface area contributed by atoms with Crippen LogP contribution in [0.15, 0.2) is 15.9 Å². The Morgan fingerprint density at radius 2 is 2.43 bits per heavy atom. The van der Waals surface area contributed by atoms with Gasteiger partial charge in [0.05, 0.1) is 0 Å². The number of nitrogens with one attached hydrogen (secondary N) is 1. The number of rotatable bonds is 7. The fourth-order valence-corrected chi connectivity index (χ4v) is 2.96. The molecule has 0 spiro atoms. The highest BCUT2D eigenvalue weighted by Crippen LogP contribution is 2.21. The van der Waals surface area contributed by atoms with Gasteiger partial charge in [0.25, 0.3) is 0 Å². The second-order valence-electron chi connectivity index (χ2n) is 3.17. The lowest BCUT2D eigenvalue weighted by Crippen LogP contribution is -2.31. The maximum Gasteiger partial charge on any atom is 0.149 e. The molecule has 0 saturated heterocycles. The van der Waals surface area contributed by atoms with E-state index in [1.807, 2.05) is 23.3 Å². The topological polar surface area (TPSA) is 24.9 Å². The van der Waals surface area contributed by atoms with Crippen molar-refractivity contribution in [3.8, 4) is 0 Å². The van der Waals surface area contributed by atoms with Crippen molar-refractivity contribution in [3.63, 3.8) is 0 Å². The first kappa shape index (κ1) is 12.0. The third-order valence-corrected chi connectivity index (χ3v) is 4.12. The highest BCUT2D eigenvalue weighted by atomic mass is 32.2. The summed E-state index contributed by atoms with van der Waals surface area (Å²) in [5.74, 6) is 1.13. The molecule has 1 aromatic rings. The van der Waals surface area contributed by atoms with Gasteiger partial charge in [-0.05, 0) is 19.4 Å². The van der Waals surface area contributed by atoms with Gasteiger partial charge >= 0.3 is 0 Å². The summed E-state index contributed by atoms with van der Waals surface area (Å²) in [5.41, 5.74) is 0. The quantitative estimate of drug-likeness (QED) is 0.729. The molecule has 1 rings (SSSR count). The van der Waals surface area contributed by atoms with E-state index in [2.05, 4.69) is 24.1 Å². The Balaban J connectivity index is 2.20. The summed E-state index contributed by atoms with van der Waals surface area (Å²) in [5, 5.41) is 5.57. The van der Waals surface area contributed by atoms with Gasteiger partial charge in [0.2, 0.25) is 0 Å². The van der Waals surface area contributed by atoms with Crippen LogP contribution in [0.2, 0.25) is 0 Å². The highest BCUT2D eigenvalue weighted by molar-refractivity contribution is 8.01. The van der Waals surface area contributed by atoms with E-state index in [0.717, 1.165) is 12.3 Å². The van der Waals surface area contributed by atoms with Gasteiger partial charge in [-0.3, -0.25) is 0 Å². The molecule has 0 radical (unpaired) electrons. The van der Waals surface area contributed by atoms with Crippen LogP contribution < -0.4 is 5.32 Å². The lowest BCUT2D eigenvalue weighted by Gasteiger charge is -2.14. The molecule has 0 saturated carbocycles. The zero-order chi connectivity index (χ0) is 10.2. The Kier molecular flexibility index (Phi) is 6.23. The van der Waals surface area contributed by atoms with Gasteiger partial charge in [0, 0.05) is 23.4 Å². The molecule has 0 aromatic carbocycles. The van der Waals surface area contributed by atoms with E-state index in [-0.39, 0.29) is 0 Å². The molecular formula is C10H18N2S2. The fraction of sp³-hybridized carbons (Fsp3) is 0.700. The smallest absolute Gasteiger partial charge is 0.149 e. The summed E-state index contributed by atoms with van der Waals surface area (Å²) in [7, 11) is 0. The van der Waals surface area contributed by atoms with Crippen LogP contribution in [0.4, 0.5) is 0 Å². The van der Waals surface area contributed by atoms with Crippen LogP contribution in [0.1, 0.15) is 26.7 Å². The molecule has 2 nitrogen and oxygen atoms in total. The molecule has 14 heavy (non-hydrogen) atoms. The lowest BCUT2D eigenvalue weighted by atomic mass is 10.2. The number of thiazole rings is 1. The zero-order valence-electron chi connectivity index (χ0n) is 8.82. The standard InChI is InChI=1S/C10H18N2S2/c1-3-5-11-9(4-2)8-14-10-12-6-7-13-10/h6-7,9,11H,3-5,8H2,1-2H3. The van der Waals surface area contributed by atoms with Crippen LogP contribution in [0.5, 0.6) is 0 Å².